The van der Waals surface area contributed by atoms with Gasteiger partial charge in [-0.15, -0.1) is 0 Å². The zero-order chi connectivity index (χ0) is 27.4. The van der Waals surface area contributed by atoms with Crippen molar-refractivity contribution in [2.45, 2.75) is 65.3 Å². The Balaban J connectivity index is 1.76. The van der Waals surface area contributed by atoms with Crippen LogP contribution in [0, 0.1) is 0 Å². The maximum absolute atomic E-state index is 13.1. The number of hydrogen-bond donors (Lipinski definition) is 1. The van der Waals surface area contributed by atoms with Gasteiger partial charge in [0.1, 0.15) is 11.4 Å². The van der Waals surface area contributed by atoms with Crippen LogP contribution in [0.2, 0.25) is 18.1 Å². The van der Waals surface area contributed by atoms with Crippen LogP contribution in [0.1, 0.15) is 41.5 Å². The van der Waals surface area contributed by atoms with E-state index in [9.17, 15) is 4.79 Å². The molecule has 0 aliphatic rings. The molecule has 0 saturated heterocycles. The fraction of sp³-hybridized carbons (Fsp3) is 0.519. The van der Waals surface area contributed by atoms with E-state index in [-0.39, 0.29) is 11.6 Å². The van der Waals surface area contributed by atoms with Crippen molar-refractivity contribution < 1.29 is 18.7 Å². The summed E-state index contributed by atoms with van der Waals surface area (Å²) in [5, 5.41) is 4.55. The summed E-state index contributed by atoms with van der Waals surface area (Å²) in [6.45, 7) is 18.1. The second-order valence-corrected chi connectivity index (χ2v) is 16.4. The van der Waals surface area contributed by atoms with Crippen LogP contribution in [0.4, 0.5) is 16.3 Å². The Morgan fingerprint density at radius 1 is 1.08 bits per heavy atom. The van der Waals surface area contributed by atoms with Gasteiger partial charge in [0.25, 0.3) is 0 Å². The molecule has 2 heterocycles. The first-order valence-corrected chi connectivity index (χ1v) is 15.5. The van der Waals surface area contributed by atoms with Gasteiger partial charge >= 0.3 is 6.09 Å². The van der Waals surface area contributed by atoms with Crippen LogP contribution >= 0.6 is 0 Å². The van der Waals surface area contributed by atoms with Crippen molar-refractivity contribution in [1.29, 1.82) is 0 Å². The van der Waals surface area contributed by atoms with Crippen molar-refractivity contribution in [3.8, 4) is 11.1 Å². The van der Waals surface area contributed by atoms with Crippen molar-refractivity contribution in [2.24, 2.45) is 0 Å². The molecule has 0 fully saturated rings. The number of benzene rings is 1. The molecule has 3 aromatic rings. The number of hydrogen-bond acceptors (Lipinski definition) is 7. The standard InChI is InChI=1S/C27H41N5O4Si/c1-26(2,3)36-25(33)31(14-15-34-16-17-35-37(7,8)27(4,5)6)23-12-13-32-24(30-23)22(19-29-32)20-10-9-11-21(28)18-20/h9-13,18-19H,14-17,28H2,1-8H3. The minimum Gasteiger partial charge on any atom is -0.443 e. The number of nitrogens with zero attached hydrogens (tertiary/aromatic N) is 4. The van der Waals surface area contributed by atoms with Gasteiger partial charge < -0.3 is 19.6 Å². The Bertz CT molecular complexity index is 1210. The molecule has 202 valence electrons. The van der Waals surface area contributed by atoms with Crippen LogP contribution in [-0.4, -0.2) is 61.0 Å². The molecular formula is C27H41N5O4Si. The van der Waals surface area contributed by atoms with E-state index in [0.29, 0.717) is 37.0 Å². The summed E-state index contributed by atoms with van der Waals surface area (Å²) >= 11 is 0. The van der Waals surface area contributed by atoms with E-state index in [1.165, 1.54) is 4.90 Å². The number of nitrogen functional groups attached to an aromatic ring is 1. The summed E-state index contributed by atoms with van der Waals surface area (Å²) in [4.78, 5) is 19.4. The number of anilines is 2. The van der Waals surface area contributed by atoms with Gasteiger partial charge in [-0.25, -0.2) is 14.3 Å². The highest BCUT2D eigenvalue weighted by molar-refractivity contribution is 6.74. The highest BCUT2D eigenvalue weighted by atomic mass is 28.4. The van der Waals surface area contributed by atoms with Gasteiger partial charge in [0, 0.05) is 17.4 Å². The van der Waals surface area contributed by atoms with Gasteiger partial charge in [0.15, 0.2) is 14.0 Å². The number of carbonyl (C=O) groups is 1. The molecule has 0 aliphatic heterocycles. The van der Waals surface area contributed by atoms with Gasteiger partial charge in [0.2, 0.25) is 0 Å². The lowest BCUT2D eigenvalue weighted by molar-refractivity contribution is 0.0549. The number of aromatic nitrogens is 3. The molecule has 1 amide bonds. The van der Waals surface area contributed by atoms with Crippen molar-refractivity contribution in [3.05, 3.63) is 42.7 Å². The van der Waals surface area contributed by atoms with Crippen LogP contribution < -0.4 is 10.6 Å². The highest BCUT2D eigenvalue weighted by Gasteiger charge is 2.36. The normalized spacial score (nSPS) is 12.6. The Labute approximate surface area is 221 Å². The summed E-state index contributed by atoms with van der Waals surface area (Å²) in [6, 6.07) is 9.28. The van der Waals surface area contributed by atoms with Crippen LogP contribution in [0.3, 0.4) is 0 Å². The monoisotopic (exact) mass is 527 g/mol. The first kappa shape index (κ1) is 28.6. The summed E-state index contributed by atoms with van der Waals surface area (Å²) in [5.41, 5.74) is 8.31. The molecule has 37 heavy (non-hydrogen) atoms. The minimum atomic E-state index is -1.83. The second kappa shape index (κ2) is 11.2. The van der Waals surface area contributed by atoms with Gasteiger partial charge in [-0.3, -0.25) is 4.90 Å². The molecule has 3 rings (SSSR count). The Morgan fingerprint density at radius 3 is 2.46 bits per heavy atom. The maximum atomic E-state index is 13.1. The molecule has 10 heteroatoms. The van der Waals surface area contributed by atoms with E-state index in [1.54, 1.807) is 23.0 Å². The number of amides is 1. The third-order valence-corrected chi connectivity index (χ3v) is 10.9. The molecule has 1 aromatic carbocycles. The smallest absolute Gasteiger partial charge is 0.416 e. The molecule has 9 nitrogen and oxygen atoms in total. The number of fused-ring (bicyclic) bond motifs is 1. The molecule has 0 bridgehead atoms. The van der Waals surface area contributed by atoms with E-state index in [2.05, 4.69) is 39.0 Å². The lowest BCUT2D eigenvalue weighted by Gasteiger charge is -2.36. The number of ether oxygens (including phenoxy) is 2. The summed E-state index contributed by atoms with van der Waals surface area (Å²) < 4.78 is 19.4. The second-order valence-electron chi connectivity index (χ2n) is 11.6. The molecule has 0 spiro atoms. The van der Waals surface area contributed by atoms with E-state index < -0.39 is 20.0 Å². The Hall–Kier alpha value is -2.95. The number of carbonyl (C=O) groups excluding carboxylic acids is 1. The third-order valence-electron chi connectivity index (χ3n) is 6.40. The fourth-order valence-electron chi connectivity index (χ4n) is 3.37. The van der Waals surface area contributed by atoms with Crippen molar-refractivity contribution in [2.75, 3.05) is 37.0 Å². The third kappa shape index (κ3) is 7.53. The van der Waals surface area contributed by atoms with Gasteiger partial charge in [-0.05, 0) is 62.7 Å². The number of rotatable bonds is 9. The van der Waals surface area contributed by atoms with Gasteiger partial charge in [0.05, 0.1) is 32.6 Å². The quantitative estimate of drug-likeness (QED) is 0.214. The van der Waals surface area contributed by atoms with Crippen molar-refractivity contribution in [1.82, 2.24) is 14.6 Å². The largest absolute Gasteiger partial charge is 0.443 e. The molecule has 2 N–H and O–H groups in total. The average molecular weight is 528 g/mol. The van der Waals surface area contributed by atoms with Crippen LogP contribution in [0.15, 0.2) is 42.7 Å². The highest BCUT2D eigenvalue weighted by Crippen LogP contribution is 2.36. The van der Waals surface area contributed by atoms with Crippen LogP contribution in [-0.2, 0) is 13.9 Å². The van der Waals surface area contributed by atoms with E-state index >= 15 is 0 Å². The lowest BCUT2D eigenvalue weighted by atomic mass is 10.1. The molecular weight excluding hydrogens is 486 g/mol. The van der Waals surface area contributed by atoms with Gasteiger partial charge in [-0.2, -0.15) is 5.10 Å². The van der Waals surface area contributed by atoms with E-state index in [4.69, 9.17) is 24.6 Å². The maximum Gasteiger partial charge on any atom is 0.416 e. The van der Waals surface area contributed by atoms with Crippen LogP contribution in [0.5, 0.6) is 0 Å². The van der Waals surface area contributed by atoms with Crippen molar-refractivity contribution in [3.63, 3.8) is 0 Å². The summed E-state index contributed by atoms with van der Waals surface area (Å²) in [7, 11) is -1.83. The average Bonchev–Trinajstić information content (AvgIpc) is 3.19. The topological polar surface area (TPSA) is 104 Å². The first-order valence-electron chi connectivity index (χ1n) is 12.6. The predicted molar refractivity (Wildman–Crippen MR) is 150 cm³/mol. The molecule has 0 unspecified atom stereocenters. The molecule has 2 aromatic heterocycles. The Kier molecular flexibility index (Phi) is 8.66. The molecule has 0 saturated carbocycles. The zero-order valence-electron chi connectivity index (χ0n) is 23.4. The number of nitrogens with two attached hydrogens (primary N) is 1. The SMILES string of the molecule is CC(C)(C)OC(=O)N(CCOCCO[Si](C)(C)C(C)(C)C)c1ccn2ncc(-c3cccc(N)c3)c2n1. The first-order chi connectivity index (χ1) is 17.2. The molecule has 0 atom stereocenters. The lowest BCUT2D eigenvalue weighted by Crippen LogP contribution is -2.42. The van der Waals surface area contributed by atoms with Crippen molar-refractivity contribution >= 4 is 31.6 Å². The summed E-state index contributed by atoms with van der Waals surface area (Å²) in [5.74, 6) is 0.452. The zero-order valence-corrected chi connectivity index (χ0v) is 24.4. The Morgan fingerprint density at radius 2 is 1.81 bits per heavy atom. The molecule has 0 aliphatic carbocycles. The van der Waals surface area contributed by atoms with E-state index in [1.807, 2.05) is 45.0 Å². The van der Waals surface area contributed by atoms with Crippen LogP contribution in [0.25, 0.3) is 16.8 Å². The molecule has 0 radical (unpaired) electrons. The summed E-state index contributed by atoms with van der Waals surface area (Å²) in [6.07, 6.45) is 3.03. The van der Waals surface area contributed by atoms with E-state index in [0.717, 1.165) is 11.1 Å². The predicted octanol–water partition coefficient (Wildman–Crippen LogP) is 5.76. The minimum absolute atomic E-state index is 0.142. The van der Waals surface area contributed by atoms with Gasteiger partial charge in [-0.1, -0.05) is 32.9 Å². The fourth-order valence-corrected chi connectivity index (χ4v) is 4.39.